The molecule has 0 bridgehead atoms. The second-order valence-electron chi connectivity index (χ2n) is 5.81. The standard InChI is InChI=1S/C18H19FN2O4/c19-12-4-5-14-15(10-17(22)21-16(14)9-12)18(23)20-6-2-7-24-11-13-3-1-8-25-13/h1,3-5,8-9,15H,2,6-7,10-11H2,(H,20,23)(H,21,22)/t15-/m1/s1. The number of furan rings is 1. The molecule has 6 nitrogen and oxygen atoms in total. The first kappa shape index (κ1) is 17.2. The Hall–Kier alpha value is -2.67. The number of carbonyl (C=O) groups is 2. The van der Waals surface area contributed by atoms with E-state index in [1.165, 1.54) is 12.1 Å². The summed E-state index contributed by atoms with van der Waals surface area (Å²) in [7, 11) is 0. The molecule has 0 spiro atoms. The Morgan fingerprint density at radius 1 is 1.40 bits per heavy atom. The van der Waals surface area contributed by atoms with E-state index in [0.717, 1.165) is 5.76 Å². The number of hydrogen-bond acceptors (Lipinski definition) is 4. The Morgan fingerprint density at radius 3 is 3.08 bits per heavy atom. The summed E-state index contributed by atoms with van der Waals surface area (Å²) in [5.41, 5.74) is 0.991. The summed E-state index contributed by atoms with van der Waals surface area (Å²) >= 11 is 0. The summed E-state index contributed by atoms with van der Waals surface area (Å²) in [5, 5.41) is 5.40. The van der Waals surface area contributed by atoms with Gasteiger partial charge in [0, 0.05) is 25.3 Å². The van der Waals surface area contributed by atoms with Gasteiger partial charge in [-0.3, -0.25) is 9.59 Å². The number of halogens is 1. The van der Waals surface area contributed by atoms with Crippen LogP contribution in [-0.4, -0.2) is 25.0 Å². The molecule has 0 fully saturated rings. The molecule has 2 N–H and O–H groups in total. The SMILES string of the molecule is O=C1C[C@@H](C(=O)NCCCOCc2ccco2)c2ccc(F)cc2N1. The highest BCUT2D eigenvalue weighted by Gasteiger charge is 2.30. The molecular weight excluding hydrogens is 327 g/mol. The van der Waals surface area contributed by atoms with Gasteiger partial charge in [0.15, 0.2) is 0 Å². The fraction of sp³-hybridized carbons (Fsp3) is 0.333. The number of amides is 2. The van der Waals surface area contributed by atoms with Crippen molar-refractivity contribution in [1.82, 2.24) is 5.32 Å². The molecule has 1 aromatic carbocycles. The van der Waals surface area contributed by atoms with E-state index in [1.54, 1.807) is 18.4 Å². The third-order valence-electron chi connectivity index (χ3n) is 3.96. The van der Waals surface area contributed by atoms with Gasteiger partial charge < -0.3 is 19.8 Å². The monoisotopic (exact) mass is 346 g/mol. The van der Waals surface area contributed by atoms with Crippen LogP contribution in [0.1, 0.15) is 30.1 Å². The third kappa shape index (κ3) is 4.45. The van der Waals surface area contributed by atoms with E-state index in [1.807, 2.05) is 6.07 Å². The molecule has 2 aromatic rings. The molecule has 132 valence electrons. The van der Waals surface area contributed by atoms with Crippen LogP contribution in [0.4, 0.5) is 10.1 Å². The molecule has 1 aromatic heterocycles. The minimum Gasteiger partial charge on any atom is -0.467 e. The van der Waals surface area contributed by atoms with E-state index < -0.39 is 11.7 Å². The van der Waals surface area contributed by atoms with Crippen LogP contribution < -0.4 is 10.6 Å². The number of nitrogens with one attached hydrogen (secondary N) is 2. The van der Waals surface area contributed by atoms with Crippen molar-refractivity contribution in [3.8, 4) is 0 Å². The van der Waals surface area contributed by atoms with E-state index in [4.69, 9.17) is 9.15 Å². The van der Waals surface area contributed by atoms with Crippen molar-refractivity contribution >= 4 is 17.5 Å². The normalized spacial score (nSPS) is 16.2. The molecule has 0 unspecified atom stereocenters. The predicted octanol–water partition coefficient (Wildman–Crippen LogP) is 2.57. The van der Waals surface area contributed by atoms with Gasteiger partial charge in [-0.2, -0.15) is 0 Å². The van der Waals surface area contributed by atoms with Crippen molar-refractivity contribution < 1.29 is 23.1 Å². The minimum atomic E-state index is -0.603. The molecule has 2 amide bonds. The van der Waals surface area contributed by atoms with E-state index >= 15 is 0 Å². The Morgan fingerprint density at radius 2 is 2.28 bits per heavy atom. The Labute approximate surface area is 144 Å². The quantitative estimate of drug-likeness (QED) is 0.755. The minimum absolute atomic E-state index is 0.0550. The van der Waals surface area contributed by atoms with Gasteiger partial charge in [0.25, 0.3) is 0 Å². The van der Waals surface area contributed by atoms with Crippen LogP contribution in [0, 0.1) is 5.82 Å². The lowest BCUT2D eigenvalue weighted by atomic mass is 9.89. The highest BCUT2D eigenvalue weighted by molar-refractivity contribution is 6.01. The Kier molecular flexibility index (Phi) is 5.45. The van der Waals surface area contributed by atoms with Crippen LogP contribution in [0.2, 0.25) is 0 Å². The van der Waals surface area contributed by atoms with Gasteiger partial charge in [0.2, 0.25) is 11.8 Å². The molecule has 7 heteroatoms. The lowest BCUT2D eigenvalue weighted by Crippen LogP contribution is -2.35. The first-order valence-electron chi connectivity index (χ1n) is 8.10. The number of ether oxygens (including phenoxy) is 1. The van der Waals surface area contributed by atoms with Gasteiger partial charge in [0.05, 0.1) is 12.2 Å². The van der Waals surface area contributed by atoms with Gasteiger partial charge in [-0.15, -0.1) is 0 Å². The summed E-state index contributed by atoms with van der Waals surface area (Å²) in [6.07, 6.45) is 2.28. The fourth-order valence-electron chi connectivity index (χ4n) is 2.75. The zero-order valence-corrected chi connectivity index (χ0v) is 13.6. The van der Waals surface area contributed by atoms with Crippen LogP contribution in [0.25, 0.3) is 0 Å². The van der Waals surface area contributed by atoms with Gasteiger partial charge in [0.1, 0.15) is 18.2 Å². The molecule has 3 rings (SSSR count). The maximum Gasteiger partial charge on any atom is 0.228 e. The van der Waals surface area contributed by atoms with Crippen LogP contribution in [0.15, 0.2) is 41.0 Å². The van der Waals surface area contributed by atoms with Gasteiger partial charge >= 0.3 is 0 Å². The van der Waals surface area contributed by atoms with Gasteiger partial charge in [-0.05, 0) is 36.2 Å². The van der Waals surface area contributed by atoms with Gasteiger partial charge in [-0.1, -0.05) is 6.07 Å². The highest BCUT2D eigenvalue weighted by Crippen LogP contribution is 2.32. The average molecular weight is 346 g/mol. The second-order valence-corrected chi connectivity index (χ2v) is 5.81. The molecule has 1 aliphatic heterocycles. The summed E-state index contributed by atoms with van der Waals surface area (Å²) in [5.74, 6) is -0.836. The Bertz CT molecular complexity index is 746. The molecule has 25 heavy (non-hydrogen) atoms. The van der Waals surface area contributed by atoms with Crippen LogP contribution >= 0.6 is 0 Å². The summed E-state index contributed by atoms with van der Waals surface area (Å²) in [6, 6.07) is 7.69. The molecule has 1 aliphatic rings. The third-order valence-corrected chi connectivity index (χ3v) is 3.96. The number of hydrogen-bond donors (Lipinski definition) is 2. The molecule has 0 aliphatic carbocycles. The van der Waals surface area contributed by atoms with Crippen LogP contribution in [0.3, 0.4) is 0 Å². The summed E-state index contributed by atoms with van der Waals surface area (Å²) < 4.78 is 23.9. The number of fused-ring (bicyclic) bond motifs is 1. The van der Waals surface area contributed by atoms with Crippen LogP contribution in [-0.2, 0) is 20.9 Å². The maximum atomic E-state index is 13.3. The lowest BCUT2D eigenvalue weighted by Gasteiger charge is -2.24. The summed E-state index contributed by atoms with van der Waals surface area (Å²) in [6.45, 7) is 1.31. The van der Waals surface area contributed by atoms with Crippen molar-refractivity contribution in [1.29, 1.82) is 0 Å². The largest absolute Gasteiger partial charge is 0.467 e. The topological polar surface area (TPSA) is 80.6 Å². The molecule has 0 saturated carbocycles. The predicted molar refractivity (Wildman–Crippen MR) is 88.4 cm³/mol. The number of benzene rings is 1. The molecule has 0 saturated heterocycles. The van der Waals surface area contributed by atoms with Crippen LogP contribution in [0.5, 0.6) is 0 Å². The van der Waals surface area contributed by atoms with E-state index in [-0.39, 0.29) is 18.2 Å². The van der Waals surface area contributed by atoms with E-state index in [2.05, 4.69) is 10.6 Å². The number of rotatable bonds is 7. The molecular formula is C18H19FN2O4. The fourth-order valence-corrected chi connectivity index (χ4v) is 2.75. The van der Waals surface area contributed by atoms with Crippen molar-refractivity contribution in [3.63, 3.8) is 0 Å². The van der Waals surface area contributed by atoms with Crippen molar-refractivity contribution in [2.45, 2.75) is 25.4 Å². The molecule has 0 radical (unpaired) electrons. The molecule has 2 heterocycles. The molecule has 1 atom stereocenters. The van der Waals surface area contributed by atoms with Crippen molar-refractivity contribution in [2.75, 3.05) is 18.5 Å². The number of anilines is 1. The van der Waals surface area contributed by atoms with Gasteiger partial charge in [-0.25, -0.2) is 4.39 Å². The zero-order chi connectivity index (χ0) is 17.6. The van der Waals surface area contributed by atoms with E-state index in [9.17, 15) is 14.0 Å². The zero-order valence-electron chi connectivity index (χ0n) is 13.6. The first-order valence-corrected chi connectivity index (χ1v) is 8.10. The van der Waals surface area contributed by atoms with E-state index in [0.29, 0.717) is 37.4 Å². The Balaban J connectivity index is 1.46. The first-order chi connectivity index (χ1) is 12.1. The highest BCUT2D eigenvalue weighted by atomic mass is 19.1. The number of carbonyl (C=O) groups excluding carboxylic acids is 2. The second kappa shape index (κ2) is 7.94. The smallest absolute Gasteiger partial charge is 0.228 e. The van der Waals surface area contributed by atoms with Crippen molar-refractivity contribution in [3.05, 3.63) is 53.7 Å². The maximum absolute atomic E-state index is 13.3. The average Bonchev–Trinajstić information content (AvgIpc) is 3.10. The van der Waals surface area contributed by atoms with Crippen molar-refractivity contribution in [2.24, 2.45) is 0 Å². The lowest BCUT2D eigenvalue weighted by molar-refractivity contribution is -0.126. The summed E-state index contributed by atoms with van der Waals surface area (Å²) in [4.78, 5) is 24.1.